The monoisotopic (exact) mass is 239 g/mol. The molecule has 0 saturated heterocycles. The lowest BCUT2D eigenvalue weighted by molar-refractivity contribution is 0.258. The molecule has 0 bridgehead atoms. The number of halogens is 1. The van der Waals surface area contributed by atoms with Crippen LogP contribution in [-0.2, 0) is 0 Å². The van der Waals surface area contributed by atoms with Gasteiger partial charge in [-0.1, -0.05) is 25.4 Å². The molecule has 0 saturated carbocycles. The molecule has 0 unspecified atom stereocenters. The Bertz CT molecular complexity index is 507. The normalized spacial score (nSPS) is 11.3. The molecule has 5 heteroatoms. The fourth-order valence-corrected chi connectivity index (χ4v) is 1.56. The Morgan fingerprint density at radius 1 is 1.44 bits per heavy atom. The van der Waals surface area contributed by atoms with Crippen molar-refractivity contribution in [2.75, 3.05) is 6.61 Å². The van der Waals surface area contributed by atoms with Crippen LogP contribution in [-0.4, -0.2) is 21.0 Å². The van der Waals surface area contributed by atoms with Gasteiger partial charge in [0.15, 0.2) is 0 Å². The number of hydrogen-bond donors (Lipinski definition) is 0. The minimum Gasteiger partial charge on any atom is -0.478 e. The van der Waals surface area contributed by atoms with E-state index in [2.05, 4.69) is 23.8 Å². The quantitative estimate of drug-likeness (QED) is 0.827. The first-order chi connectivity index (χ1) is 7.56. The van der Waals surface area contributed by atoms with E-state index >= 15 is 0 Å². The summed E-state index contributed by atoms with van der Waals surface area (Å²) >= 11 is 5.84. The van der Waals surface area contributed by atoms with Gasteiger partial charge in [-0.2, -0.15) is 4.98 Å². The molecule has 2 aromatic heterocycles. The van der Waals surface area contributed by atoms with E-state index in [9.17, 15) is 0 Å². The Labute approximate surface area is 99.2 Å². The summed E-state index contributed by atoms with van der Waals surface area (Å²) < 4.78 is 7.46. The van der Waals surface area contributed by atoms with Crippen LogP contribution in [0.4, 0.5) is 0 Å². The maximum absolute atomic E-state index is 5.84. The molecular formula is C11H14ClN3O. The summed E-state index contributed by atoms with van der Waals surface area (Å²) in [5.41, 5.74) is 0.869. The first-order valence-electron chi connectivity index (χ1n) is 5.21. The molecule has 0 N–H and O–H groups in total. The highest BCUT2D eigenvalue weighted by Crippen LogP contribution is 2.18. The van der Waals surface area contributed by atoms with Gasteiger partial charge in [-0.15, -0.1) is 0 Å². The lowest BCUT2D eigenvalue weighted by atomic mass is 10.2. The van der Waals surface area contributed by atoms with Crippen molar-refractivity contribution in [1.29, 1.82) is 0 Å². The molecule has 0 aliphatic carbocycles. The van der Waals surface area contributed by atoms with E-state index in [0.29, 0.717) is 23.5 Å². The molecule has 0 spiro atoms. The molecule has 2 heterocycles. The summed E-state index contributed by atoms with van der Waals surface area (Å²) in [7, 11) is 0. The summed E-state index contributed by atoms with van der Waals surface area (Å²) in [5.74, 6) is 1.78. The van der Waals surface area contributed by atoms with Crippen LogP contribution >= 0.6 is 11.6 Å². The molecule has 4 nitrogen and oxygen atoms in total. The lowest BCUT2D eigenvalue weighted by Gasteiger charge is -2.10. The molecule has 0 fully saturated rings. The molecule has 86 valence electrons. The lowest BCUT2D eigenvalue weighted by Crippen LogP contribution is -2.08. The van der Waals surface area contributed by atoms with Crippen molar-refractivity contribution in [2.24, 2.45) is 5.92 Å². The molecule has 0 aliphatic heterocycles. The molecule has 0 atom stereocenters. The Kier molecular flexibility index (Phi) is 3.01. The molecule has 0 aromatic carbocycles. The van der Waals surface area contributed by atoms with E-state index in [1.165, 1.54) is 0 Å². The van der Waals surface area contributed by atoms with Gasteiger partial charge in [-0.05, 0) is 12.8 Å². The van der Waals surface area contributed by atoms with Gasteiger partial charge >= 0.3 is 0 Å². The van der Waals surface area contributed by atoms with Gasteiger partial charge in [0.1, 0.15) is 5.15 Å². The summed E-state index contributed by atoms with van der Waals surface area (Å²) in [6.45, 7) is 6.78. The van der Waals surface area contributed by atoms with Gasteiger partial charge in [-0.25, -0.2) is 4.98 Å². The Balaban J connectivity index is 2.41. The van der Waals surface area contributed by atoms with Crippen molar-refractivity contribution in [3.05, 3.63) is 23.1 Å². The number of imidazole rings is 1. The maximum Gasteiger partial charge on any atom is 0.238 e. The third-order valence-corrected chi connectivity index (χ3v) is 2.25. The number of rotatable bonds is 3. The second-order valence-corrected chi connectivity index (χ2v) is 4.56. The van der Waals surface area contributed by atoms with E-state index in [0.717, 1.165) is 11.6 Å². The van der Waals surface area contributed by atoms with Gasteiger partial charge in [0.25, 0.3) is 0 Å². The molecule has 0 amide bonds. The van der Waals surface area contributed by atoms with Gasteiger partial charge in [0.2, 0.25) is 11.7 Å². The van der Waals surface area contributed by atoms with E-state index in [4.69, 9.17) is 16.3 Å². The highest BCUT2D eigenvalue weighted by Gasteiger charge is 2.08. The molecule has 2 rings (SSSR count). The highest BCUT2D eigenvalue weighted by molar-refractivity contribution is 6.29. The fourth-order valence-electron chi connectivity index (χ4n) is 1.39. The SMILES string of the molecule is Cc1cc(OCC(C)C)n2cc(Cl)nc2n1. The third kappa shape index (κ3) is 2.27. The molecule has 0 radical (unpaired) electrons. The number of aromatic nitrogens is 3. The van der Waals surface area contributed by atoms with Crippen molar-refractivity contribution in [2.45, 2.75) is 20.8 Å². The number of hydrogen-bond acceptors (Lipinski definition) is 3. The van der Waals surface area contributed by atoms with E-state index in [1.54, 1.807) is 10.6 Å². The van der Waals surface area contributed by atoms with Crippen LogP contribution in [0.5, 0.6) is 5.88 Å². The second kappa shape index (κ2) is 4.29. The number of ether oxygens (including phenoxy) is 1. The first kappa shape index (κ1) is 11.2. The minimum atomic E-state index is 0.424. The average molecular weight is 240 g/mol. The van der Waals surface area contributed by atoms with Gasteiger partial charge < -0.3 is 4.74 Å². The molecule has 0 aliphatic rings. The summed E-state index contributed by atoms with van der Waals surface area (Å²) in [5, 5.41) is 0.424. The zero-order valence-electron chi connectivity index (χ0n) is 9.57. The van der Waals surface area contributed by atoms with Crippen molar-refractivity contribution >= 4 is 17.4 Å². The highest BCUT2D eigenvalue weighted by atomic mass is 35.5. The van der Waals surface area contributed by atoms with Gasteiger partial charge in [0, 0.05) is 11.8 Å². The predicted molar refractivity (Wildman–Crippen MR) is 63.1 cm³/mol. The van der Waals surface area contributed by atoms with Crippen molar-refractivity contribution in [1.82, 2.24) is 14.4 Å². The van der Waals surface area contributed by atoms with Gasteiger partial charge in [0.05, 0.1) is 12.8 Å². The van der Waals surface area contributed by atoms with Crippen LogP contribution < -0.4 is 4.74 Å². The zero-order chi connectivity index (χ0) is 11.7. The summed E-state index contributed by atoms with van der Waals surface area (Å²) in [6, 6.07) is 1.88. The molecular weight excluding hydrogens is 226 g/mol. The van der Waals surface area contributed by atoms with Crippen LogP contribution in [0.25, 0.3) is 5.78 Å². The number of aryl methyl sites for hydroxylation is 1. The van der Waals surface area contributed by atoms with E-state index < -0.39 is 0 Å². The standard InChI is InChI=1S/C11H14ClN3O/c1-7(2)6-16-10-4-8(3)13-11-14-9(12)5-15(10)11/h4-5,7H,6H2,1-3H3. The molecule has 16 heavy (non-hydrogen) atoms. The summed E-state index contributed by atoms with van der Waals surface area (Å²) in [6.07, 6.45) is 1.71. The van der Waals surface area contributed by atoms with Crippen molar-refractivity contribution in [3.8, 4) is 5.88 Å². The smallest absolute Gasteiger partial charge is 0.238 e. The second-order valence-electron chi connectivity index (χ2n) is 4.17. The summed E-state index contributed by atoms with van der Waals surface area (Å²) in [4.78, 5) is 8.37. The average Bonchev–Trinajstić information content (AvgIpc) is 2.54. The van der Waals surface area contributed by atoms with Crippen LogP contribution in [0, 0.1) is 12.8 Å². The third-order valence-electron chi connectivity index (χ3n) is 2.07. The van der Waals surface area contributed by atoms with Gasteiger partial charge in [-0.3, -0.25) is 4.40 Å². The van der Waals surface area contributed by atoms with E-state index in [-0.39, 0.29) is 0 Å². The Morgan fingerprint density at radius 2 is 2.19 bits per heavy atom. The Morgan fingerprint density at radius 3 is 2.88 bits per heavy atom. The first-order valence-corrected chi connectivity index (χ1v) is 5.59. The Hall–Kier alpha value is -1.29. The minimum absolute atomic E-state index is 0.424. The predicted octanol–water partition coefficient (Wildman–Crippen LogP) is 2.73. The van der Waals surface area contributed by atoms with Crippen LogP contribution in [0.3, 0.4) is 0 Å². The topological polar surface area (TPSA) is 39.4 Å². The van der Waals surface area contributed by atoms with Crippen molar-refractivity contribution in [3.63, 3.8) is 0 Å². The van der Waals surface area contributed by atoms with Crippen molar-refractivity contribution < 1.29 is 4.74 Å². The number of fused-ring (bicyclic) bond motifs is 1. The van der Waals surface area contributed by atoms with Crippen LogP contribution in [0.15, 0.2) is 12.3 Å². The van der Waals surface area contributed by atoms with Crippen LogP contribution in [0.1, 0.15) is 19.5 Å². The zero-order valence-corrected chi connectivity index (χ0v) is 10.3. The largest absolute Gasteiger partial charge is 0.478 e. The fraction of sp³-hybridized carbons (Fsp3) is 0.455. The molecule has 2 aromatic rings. The van der Waals surface area contributed by atoms with Crippen LogP contribution in [0.2, 0.25) is 5.15 Å². The van der Waals surface area contributed by atoms with E-state index in [1.807, 2.05) is 13.0 Å². The maximum atomic E-state index is 5.84. The number of nitrogens with zero attached hydrogens (tertiary/aromatic N) is 3.